The van der Waals surface area contributed by atoms with E-state index in [4.69, 9.17) is 0 Å². The molecule has 1 aliphatic carbocycles. The molecule has 0 bridgehead atoms. The Morgan fingerprint density at radius 1 is 1.50 bits per heavy atom. The van der Waals surface area contributed by atoms with Crippen molar-refractivity contribution < 1.29 is 14.8 Å². The minimum Gasteiger partial charge on any atom is -0.506 e. The molecule has 1 fully saturated rings. The Kier molecular flexibility index (Phi) is 2.47. The molecule has 1 aromatic carbocycles. The first-order valence-electron chi connectivity index (χ1n) is 4.86. The fraction of sp³-hybridized carbons (Fsp3) is 0.300. The third-order valence-corrected chi connectivity index (χ3v) is 2.40. The third-order valence-electron chi connectivity index (χ3n) is 2.40. The molecule has 1 saturated carbocycles. The number of non-ortho nitro benzene ring substituents is 1. The van der Waals surface area contributed by atoms with E-state index < -0.39 is 4.92 Å². The maximum Gasteiger partial charge on any atom is 0.271 e. The third kappa shape index (κ3) is 2.10. The molecule has 6 heteroatoms. The molecule has 0 spiro atoms. The Balaban J connectivity index is 2.20. The van der Waals surface area contributed by atoms with Crippen molar-refractivity contribution in [2.45, 2.75) is 12.8 Å². The molecular formula is C10H10N2O4. The van der Waals surface area contributed by atoms with Gasteiger partial charge >= 0.3 is 0 Å². The molecule has 0 saturated heterocycles. The van der Waals surface area contributed by atoms with Crippen molar-refractivity contribution in [1.29, 1.82) is 0 Å². The van der Waals surface area contributed by atoms with Crippen LogP contribution in [-0.2, 0) is 4.79 Å². The lowest BCUT2D eigenvalue weighted by Gasteiger charge is -2.05. The van der Waals surface area contributed by atoms with Crippen molar-refractivity contribution >= 4 is 17.3 Å². The van der Waals surface area contributed by atoms with Crippen LogP contribution < -0.4 is 5.32 Å². The number of benzene rings is 1. The standard InChI is InChI=1S/C10H10N2O4/c13-9-4-3-7(12(15)16)5-8(9)11-10(14)6-1-2-6/h3-6,13H,1-2H2,(H,11,14). The van der Waals surface area contributed by atoms with Gasteiger partial charge in [0.1, 0.15) is 5.75 Å². The smallest absolute Gasteiger partial charge is 0.271 e. The molecule has 16 heavy (non-hydrogen) atoms. The minimum atomic E-state index is -0.577. The first-order chi connectivity index (χ1) is 7.58. The Morgan fingerprint density at radius 3 is 2.75 bits per heavy atom. The number of rotatable bonds is 3. The lowest BCUT2D eigenvalue weighted by atomic mass is 10.2. The molecule has 0 heterocycles. The molecule has 6 nitrogen and oxygen atoms in total. The van der Waals surface area contributed by atoms with E-state index in [2.05, 4.69) is 5.32 Å². The van der Waals surface area contributed by atoms with Gasteiger partial charge < -0.3 is 10.4 Å². The number of hydrogen-bond acceptors (Lipinski definition) is 4. The van der Waals surface area contributed by atoms with Gasteiger partial charge in [-0.25, -0.2) is 0 Å². The molecule has 1 aliphatic rings. The highest BCUT2D eigenvalue weighted by Gasteiger charge is 2.30. The van der Waals surface area contributed by atoms with E-state index in [0.717, 1.165) is 18.9 Å². The number of nitrogens with zero attached hydrogens (tertiary/aromatic N) is 1. The van der Waals surface area contributed by atoms with Crippen LogP contribution in [0.1, 0.15) is 12.8 Å². The van der Waals surface area contributed by atoms with E-state index in [0.29, 0.717) is 0 Å². The summed E-state index contributed by atoms with van der Waals surface area (Å²) in [5.41, 5.74) is -0.0741. The van der Waals surface area contributed by atoms with Gasteiger partial charge in [0.2, 0.25) is 5.91 Å². The molecule has 0 aromatic heterocycles. The van der Waals surface area contributed by atoms with Crippen LogP contribution >= 0.6 is 0 Å². The summed E-state index contributed by atoms with van der Waals surface area (Å²) in [6, 6.07) is 3.53. The van der Waals surface area contributed by atoms with Gasteiger partial charge in [-0.1, -0.05) is 0 Å². The number of carbonyl (C=O) groups is 1. The number of nitrogens with one attached hydrogen (secondary N) is 1. The van der Waals surface area contributed by atoms with Crippen molar-refractivity contribution in [2.75, 3.05) is 5.32 Å². The van der Waals surface area contributed by atoms with Gasteiger partial charge in [-0.05, 0) is 18.9 Å². The summed E-state index contributed by atoms with van der Waals surface area (Å²) in [5.74, 6) is -0.380. The number of nitro groups is 1. The van der Waals surface area contributed by atoms with Gasteiger partial charge in [-0.15, -0.1) is 0 Å². The van der Waals surface area contributed by atoms with Crippen molar-refractivity contribution in [1.82, 2.24) is 0 Å². The van der Waals surface area contributed by atoms with Gasteiger partial charge in [0.05, 0.1) is 10.6 Å². The van der Waals surface area contributed by atoms with Crippen LogP contribution in [-0.4, -0.2) is 15.9 Å². The van der Waals surface area contributed by atoms with Crippen LogP contribution in [0.15, 0.2) is 18.2 Å². The fourth-order valence-electron chi connectivity index (χ4n) is 1.32. The van der Waals surface area contributed by atoms with Crippen LogP contribution in [0.5, 0.6) is 5.75 Å². The molecule has 84 valence electrons. The molecule has 0 radical (unpaired) electrons. The Hall–Kier alpha value is -2.11. The molecule has 0 unspecified atom stereocenters. The van der Waals surface area contributed by atoms with Gasteiger partial charge in [0.25, 0.3) is 5.69 Å². The maximum atomic E-state index is 11.4. The zero-order valence-electron chi connectivity index (χ0n) is 8.34. The molecule has 2 N–H and O–H groups in total. The summed E-state index contributed by atoms with van der Waals surface area (Å²) in [5, 5.41) is 22.4. The Labute approximate surface area is 91.0 Å². The first kappa shape index (κ1) is 10.4. The van der Waals surface area contributed by atoms with Crippen LogP contribution in [0.25, 0.3) is 0 Å². The second-order valence-electron chi connectivity index (χ2n) is 3.72. The number of aromatic hydroxyl groups is 1. The van der Waals surface area contributed by atoms with Crippen molar-refractivity contribution in [3.05, 3.63) is 28.3 Å². The number of amides is 1. The molecule has 2 rings (SSSR count). The SMILES string of the molecule is O=C(Nc1cc([N+](=O)[O-])ccc1O)C1CC1. The number of hydrogen-bond donors (Lipinski definition) is 2. The van der Waals surface area contributed by atoms with Gasteiger partial charge in [0, 0.05) is 18.1 Å². The molecular weight excluding hydrogens is 212 g/mol. The van der Waals surface area contributed by atoms with E-state index in [9.17, 15) is 20.0 Å². The first-order valence-corrected chi connectivity index (χ1v) is 4.86. The monoisotopic (exact) mass is 222 g/mol. The number of phenolic OH excluding ortho intramolecular Hbond substituents is 1. The lowest BCUT2D eigenvalue weighted by molar-refractivity contribution is -0.384. The van der Waals surface area contributed by atoms with E-state index in [1.54, 1.807) is 0 Å². The van der Waals surface area contributed by atoms with E-state index in [-0.39, 0.29) is 28.9 Å². The number of nitro benzene ring substituents is 1. The van der Waals surface area contributed by atoms with Gasteiger partial charge in [0.15, 0.2) is 0 Å². The number of carbonyl (C=O) groups excluding carboxylic acids is 1. The summed E-state index contributed by atoms with van der Waals surface area (Å²) in [7, 11) is 0. The van der Waals surface area contributed by atoms with Crippen LogP contribution in [0.3, 0.4) is 0 Å². The summed E-state index contributed by atoms with van der Waals surface area (Å²) in [6.45, 7) is 0. The van der Waals surface area contributed by atoms with Crippen molar-refractivity contribution in [3.63, 3.8) is 0 Å². The van der Waals surface area contributed by atoms with Gasteiger partial charge in [-0.3, -0.25) is 14.9 Å². The average Bonchev–Trinajstić information content (AvgIpc) is 3.04. The summed E-state index contributed by atoms with van der Waals surface area (Å²) in [4.78, 5) is 21.3. The molecule has 1 aromatic rings. The van der Waals surface area contributed by atoms with Crippen molar-refractivity contribution in [2.24, 2.45) is 5.92 Å². The molecule has 0 aliphatic heterocycles. The predicted octanol–water partition coefficient (Wildman–Crippen LogP) is 1.65. The van der Waals surface area contributed by atoms with E-state index in [1.165, 1.54) is 12.1 Å². The summed E-state index contributed by atoms with van der Waals surface area (Å²) >= 11 is 0. The Morgan fingerprint density at radius 2 is 2.19 bits per heavy atom. The van der Waals surface area contributed by atoms with Crippen LogP contribution in [0.2, 0.25) is 0 Å². The lowest BCUT2D eigenvalue weighted by Crippen LogP contribution is -2.13. The highest BCUT2D eigenvalue weighted by atomic mass is 16.6. The van der Waals surface area contributed by atoms with Gasteiger partial charge in [-0.2, -0.15) is 0 Å². The summed E-state index contributed by atoms with van der Waals surface area (Å²) < 4.78 is 0. The van der Waals surface area contributed by atoms with E-state index in [1.807, 2.05) is 0 Å². The quantitative estimate of drug-likeness (QED) is 0.462. The zero-order valence-corrected chi connectivity index (χ0v) is 8.34. The molecule has 1 amide bonds. The largest absolute Gasteiger partial charge is 0.506 e. The second kappa shape index (κ2) is 3.80. The predicted molar refractivity (Wildman–Crippen MR) is 56.1 cm³/mol. The topological polar surface area (TPSA) is 92.5 Å². The highest BCUT2D eigenvalue weighted by molar-refractivity contribution is 5.95. The average molecular weight is 222 g/mol. The number of anilines is 1. The van der Waals surface area contributed by atoms with E-state index >= 15 is 0 Å². The summed E-state index contributed by atoms with van der Waals surface area (Å²) in [6.07, 6.45) is 1.67. The van der Waals surface area contributed by atoms with Crippen LogP contribution in [0, 0.1) is 16.0 Å². The van der Waals surface area contributed by atoms with Crippen LogP contribution in [0.4, 0.5) is 11.4 Å². The fourth-order valence-corrected chi connectivity index (χ4v) is 1.32. The Bertz CT molecular complexity index is 454. The zero-order chi connectivity index (χ0) is 11.7. The second-order valence-corrected chi connectivity index (χ2v) is 3.72. The minimum absolute atomic E-state index is 0.0151. The molecule has 0 atom stereocenters. The number of phenols is 1. The maximum absolute atomic E-state index is 11.4. The van der Waals surface area contributed by atoms with Crippen molar-refractivity contribution in [3.8, 4) is 5.75 Å². The highest BCUT2D eigenvalue weighted by Crippen LogP contribution is 2.33. The normalized spacial score (nSPS) is 14.5.